The molecule has 0 amide bonds. The first-order chi connectivity index (χ1) is 9.88. The molecule has 2 aromatic carbocycles. The van der Waals surface area contributed by atoms with Crippen molar-refractivity contribution in [1.82, 2.24) is 0 Å². The summed E-state index contributed by atoms with van der Waals surface area (Å²) in [6.45, 7) is 1.60. The van der Waals surface area contributed by atoms with Gasteiger partial charge in [-0.3, -0.25) is 10.1 Å². The molecule has 0 heterocycles. The van der Waals surface area contributed by atoms with Crippen molar-refractivity contribution >= 4 is 11.4 Å². The van der Waals surface area contributed by atoms with Gasteiger partial charge in [0.1, 0.15) is 11.5 Å². The predicted molar refractivity (Wildman–Crippen MR) is 71.5 cm³/mol. The van der Waals surface area contributed by atoms with E-state index in [4.69, 9.17) is 0 Å². The van der Waals surface area contributed by atoms with Crippen molar-refractivity contribution in [1.29, 1.82) is 0 Å². The molecule has 2 rings (SSSR count). The zero-order valence-corrected chi connectivity index (χ0v) is 10.9. The number of hydrogen-bond acceptors (Lipinski definition) is 3. The third-order valence-corrected chi connectivity index (χ3v) is 2.97. The lowest BCUT2D eigenvalue weighted by molar-refractivity contribution is -0.384. The molecule has 0 fully saturated rings. The average Bonchev–Trinajstić information content (AvgIpc) is 2.41. The summed E-state index contributed by atoms with van der Waals surface area (Å²) >= 11 is 0. The molecule has 21 heavy (non-hydrogen) atoms. The summed E-state index contributed by atoms with van der Waals surface area (Å²) in [5.74, 6) is -2.64. The molecule has 0 aliphatic rings. The zero-order chi connectivity index (χ0) is 15.6. The maximum absolute atomic E-state index is 13.2. The fraction of sp³-hybridized carbons (Fsp3) is 0.143. The van der Waals surface area contributed by atoms with Crippen molar-refractivity contribution in [2.45, 2.75) is 13.0 Å². The van der Waals surface area contributed by atoms with Crippen LogP contribution in [0.4, 0.5) is 24.5 Å². The molecule has 0 aliphatic heterocycles. The SMILES string of the molecule is CC(Nc1cc(F)ccc1[N+](=O)[O-])c1ccc(F)c(F)c1. The summed E-state index contributed by atoms with van der Waals surface area (Å²) < 4.78 is 39.3. The quantitative estimate of drug-likeness (QED) is 0.680. The largest absolute Gasteiger partial charge is 0.373 e. The van der Waals surface area contributed by atoms with Gasteiger partial charge in [-0.15, -0.1) is 0 Å². The fourth-order valence-corrected chi connectivity index (χ4v) is 1.88. The van der Waals surface area contributed by atoms with Gasteiger partial charge >= 0.3 is 0 Å². The number of halogens is 3. The molecule has 0 aliphatic carbocycles. The van der Waals surface area contributed by atoms with Crippen molar-refractivity contribution in [2.75, 3.05) is 5.32 Å². The molecule has 1 atom stereocenters. The van der Waals surface area contributed by atoms with E-state index in [1.807, 2.05) is 0 Å². The molecule has 2 aromatic rings. The Labute approximate surface area is 118 Å². The minimum Gasteiger partial charge on any atom is -0.373 e. The van der Waals surface area contributed by atoms with Crippen molar-refractivity contribution < 1.29 is 18.1 Å². The van der Waals surface area contributed by atoms with Gasteiger partial charge in [0.25, 0.3) is 5.69 Å². The van der Waals surface area contributed by atoms with Crippen LogP contribution in [0.5, 0.6) is 0 Å². The Morgan fingerprint density at radius 2 is 1.81 bits per heavy atom. The molecule has 1 N–H and O–H groups in total. The Balaban J connectivity index is 2.30. The van der Waals surface area contributed by atoms with Crippen molar-refractivity contribution in [3.63, 3.8) is 0 Å². The lowest BCUT2D eigenvalue weighted by atomic mass is 10.1. The van der Waals surface area contributed by atoms with Gasteiger partial charge in [0, 0.05) is 18.2 Å². The summed E-state index contributed by atoms with van der Waals surface area (Å²) in [5.41, 5.74) is 0.0514. The van der Waals surface area contributed by atoms with Gasteiger partial charge in [0.2, 0.25) is 0 Å². The first-order valence-corrected chi connectivity index (χ1v) is 6.04. The lowest BCUT2D eigenvalue weighted by Crippen LogP contribution is -2.09. The van der Waals surface area contributed by atoms with Gasteiger partial charge in [0.05, 0.1) is 4.92 Å². The Kier molecular flexibility index (Phi) is 4.11. The Morgan fingerprint density at radius 1 is 1.10 bits per heavy atom. The van der Waals surface area contributed by atoms with E-state index in [0.717, 1.165) is 30.3 Å². The van der Waals surface area contributed by atoms with E-state index in [1.165, 1.54) is 6.07 Å². The van der Waals surface area contributed by atoms with Crippen LogP contribution in [0.1, 0.15) is 18.5 Å². The van der Waals surface area contributed by atoms with Gasteiger partial charge in [-0.05, 0) is 30.7 Å². The highest BCUT2D eigenvalue weighted by atomic mass is 19.2. The second-order valence-corrected chi connectivity index (χ2v) is 4.46. The highest BCUT2D eigenvalue weighted by Crippen LogP contribution is 2.29. The summed E-state index contributed by atoms with van der Waals surface area (Å²) in [4.78, 5) is 10.2. The lowest BCUT2D eigenvalue weighted by Gasteiger charge is -2.16. The number of hydrogen-bond donors (Lipinski definition) is 1. The number of rotatable bonds is 4. The van der Waals surface area contributed by atoms with Gasteiger partial charge in [-0.25, -0.2) is 13.2 Å². The molecule has 1 unspecified atom stereocenters. The smallest absolute Gasteiger partial charge is 0.292 e. The van der Waals surface area contributed by atoms with E-state index in [9.17, 15) is 23.3 Å². The maximum atomic E-state index is 13.2. The Bertz CT molecular complexity index is 692. The molecule has 4 nitrogen and oxygen atoms in total. The van der Waals surface area contributed by atoms with Gasteiger partial charge in [-0.2, -0.15) is 0 Å². The van der Waals surface area contributed by atoms with E-state index < -0.39 is 28.4 Å². The highest BCUT2D eigenvalue weighted by molar-refractivity contribution is 5.62. The van der Waals surface area contributed by atoms with Crippen LogP contribution in [0.15, 0.2) is 36.4 Å². The van der Waals surface area contributed by atoms with Crippen LogP contribution < -0.4 is 5.32 Å². The fourth-order valence-electron chi connectivity index (χ4n) is 1.88. The molecule has 0 saturated carbocycles. The van der Waals surface area contributed by atoms with Crippen molar-refractivity contribution in [2.24, 2.45) is 0 Å². The van der Waals surface area contributed by atoms with Crippen LogP contribution >= 0.6 is 0 Å². The number of nitrogens with zero attached hydrogens (tertiary/aromatic N) is 1. The van der Waals surface area contributed by atoms with Crippen LogP contribution in [0.25, 0.3) is 0 Å². The topological polar surface area (TPSA) is 55.2 Å². The maximum Gasteiger partial charge on any atom is 0.292 e. The molecule has 0 radical (unpaired) electrons. The second-order valence-electron chi connectivity index (χ2n) is 4.46. The molecule has 110 valence electrons. The Hall–Kier alpha value is -2.57. The number of nitro groups is 1. The average molecular weight is 296 g/mol. The molecule has 0 saturated heterocycles. The summed E-state index contributed by atoms with van der Waals surface area (Å²) in [6, 6.07) is 5.72. The van der Waals surface area contributed by atoms with Crippen LogP contribution in [0.3, 0.4) is 0 Å². The monoisotopic (exact) mass is 296 g/mol. The predicted octanol–water partition coefficient (Wildman–Crippen LogP) is 4.19. The molecule has 0 aromatic heterocycles. The normalized spacial score (nSPS) is 12.0. The number of benzene rings is 2. The highest BCUT2D eigenvalue weighted by Gasteiger charge is 2.17. The van der Waals surface area contributed by atoms with Crippen molar-refractivity contribution in [3.8, 4) is 0 Å². The minimum atomic E-state index is -1.02. The van der Waals surface area contributed by atoms with Crippen LogP contribution in [-0.2, 0) is 0 Å². The third-order valence-electron chi connectivity index (χ3n) is 2.97. The Morgan fingerprint density at radius 3 is 2.43 bits per heavy atom. The summed E-state index contributed by atoms with van der Waals surface area (Å²) in [7, 11) is 0. The van der Waals surface area contributed by atoms with E-state index >= 15 is 0 Å². The zero-order valence-electron chi connectivity index (χ0n) is 10.9. The number of nitro benzene ring substituents is 1. The van der Waals surface area contributed by atoms with Gasteiger partial charge < -0.3 is 5.32 Å². The second kappa shape index (κ2) is 5.82. The van der Waals surface area contributed by atoms with Crippen LogP contribution in [0, 0.1) is 27.6 Å². The van der Waals surface area contributed by atoms with E-state index in [2.05, 4.69) is 5.32 Å². The molecule has 0 bridgehead atoms. The summed E-state index contributed by atoms with van der Waals surface area (Å²) in [6.07, 6.45) is 0. The molecular weight excluding hydrogens is 285 g/mol. The molecular formula is C14H11F3N2O2. The first-order valence-electron chi connectivity index (χ1n) is 6.04. The first kappa shape index (κ1) is 14.8. The number of nitrogens with one attached hydrogen (secondary N) is 1. The number of anilines is 1. The van der Waals surface area contributed by atoms with Gasteiger partial charge in [0.15, 0.2) is 11.6 Å². The molecule has 7 heteroatoms. The van der Waals surface area contributed by atoms with Gasteiger partial charge in [-0.1, -0.05) is 6.07 Å². The van der Waals surface area contributed by atoms with E-state index in [-0.39, 0.29) is 11.4 Å². The third kappa shape index (κ3) is 3.31. The van der Waals surface area contributed by atoms with Crippen LogP contribution in [0.2, 0.25) is 0 Å². The van der Waals surface area contributed by atoms with E-state index in [1.54, 1.807) is 6.92 Å². The summed E-state index contributed by atoms with van der Waals surface area (Å²) in [5, 5.41) is 13.6. The molecule has 0 spiro atoms. The van der Waals surface area contributed by atoms with E-state index in [0.29, 0.717) is 5.56 Å². The minimum absolute atomic E-state index is 0.0303. The standard InChI is InChI=1S/C14H11F3N2O2/c1-8(9-2-4-11(16)12(17)6-9)18-13-7-10(15)3-5-14(13)19(20)21/h2-8,18H,1H3. The van der Waals surface area contributed by atoms with Crippen LogP contribution in [-0.4, -0.2) is 4.92 Å². The van der Waals surface area contributed by atoms with Crippen molar-refractivity contribution in [3.05, 3.63) is 69.5 Å².